The molecule has 2 amide bonds. The van der Waals surface area contributed by atoms with Gasteiger partial charge in [-0.2, -0.15) is 0 Å². The summed E-state index contributed by atoms with van der Waals surface area (Å²) >= 11 is 5.86. The first-order chi connectivity index (χ1) is 11.8. The minimum atomic E-state index is -1.00. The second-order valence-corrected chi connectivity index (χ2v) is 5.75. The minimum Gasteiger partial charge on any atom is -0.449 e. The van der Waals surface area contributed by atoms with Crippen molar-refractivity contribution < 1.29 is 19.1 Å². The van der Waals surface area contributed by atoms with Crippen LogP contribution in [0.15, 0.2) is 48.5 Å². The number of benzene rings is 2. The standard InChI is InChI=1S/C18H17ClN2O4/c1-11(17(23)21-16-8-4-6-14(19)10-16)25-18(24)13-5-3-7-15(9-13)20-12(2)22/h3-11H,1-2H3,(H,20,22)(H,21,23)/t11-/m0/s1. The maximum absolute atomic E-state index is 12.2. The molecular weight excluding hydrogens is 344 g/mol. The predicted molar refractivity (Wildman–Crippen MR) is 95.7 cm³/mol. The van der Waals surface area contributed by atoms with Crippen molar-refractivity contribution in [3.63, 3.8) is 0 Å². The van der Waals surface area contributed by atoms with Crippen LogP contribution < -0.4 is 10.6 Å². The molecule has 0 saturated carbocycles. The van der Waals surface area contributed by atoms with Gasteiger partial charge in [0.2, 0.25) is 5.91 Å². The highest BCUT2D eigenvalue weighted by Crippen LogP contribution is 2.16. The van der Waals surface area contributed by atoms with Crippen molar-refractivity contribution in [2.75, 3.05) is 10.6 Å². The van der Waals surface area contributed by atoms with E-state index in [1.807, 2.05) is 0 Å². The van der Waals surface area contributed by atoms with E-state index in [0.717, 1.165) is 0 Å². The number of hydrogen-bond donors (Lipinski definition) is 2. The Balaban J connectivity index is 1.99. The molecule has 25 heavy (non-hydrogen) atoms. The summed E-state index contributed by atoms with van der Waals surface area (Å²) in [5.41, 5.74) is 1.21. The first-order valence-electron chi connectivity index (χ1n) is 7.50. The Bertz CT molecular complexity index is 807. The molecule has 6 nitrogen and oxygen atoms in total. The monoisotopic (exact) mass is 360 g/mol. The molecule has 2 N–H and O–H groups in total. The summed E-state index contributed by atoms with van der Waals surface area (Å²) in [4.78, 5) is 35.4. The molecule has 0 saturated heterocycles. The SMILES string of the molecule is CC(=O)Nc1cccc(C(=O)O[C@@H](C)C(=O)Nc2cccc(Cl)c2)c1. The third-order valence-electron chi connectivity index (χ3n) is 3.16. The fourth-order valence-electron chi connectivity index (χ4n) is 2.02. The molecule has 0 fully saturated rings. The summed E-state index contributed by atoms with van der Waals surface area (Å²) in [6.07, 6.45) is -1.00. The maximum atomic E-state index is 12.2. The minimum absolute atomic E-state index is 0.230. The zero-order chi connectivity index (χ0) is 18.4. The summed E-state index contributed by atoms with van der Waals surface area (Å²) in [5.74, 6) is -1.39. The molecular formula is C18H17ClN2O4. The van der Waals surface area contributed by atoms with Crippen LogP contribution in [0.4, 0.5) is 11.4 Å². The fourth-order valence-corrected chi connectivity index (χ4v) is 2.21. The Labute approximate surface area is 150 Å². The van der Waals surface area contributed by atoms with Crippen molar-refractivity contribution >= 4 is 40.8 Å². The van der Waals surface area contributed by atoms with Crippen LogP contribution in [0.5, 0.6) is 0 Å². The maximum Gasteiger partial charge on any atom is 0.338 e. The molecule has 0 aliphatic heterocycles. The molecule has 0 aliphatic rings. The predicted octanol–water partition coefficient (Wildman–Crippen LogP) is 3.48. The summed E-state index contributed by atoms with van der Waals surface area (Å²) in [6.45, 7) is 2.84. The number of esters is 1. The van der Waals surface area contributed by atoms with Crippen molar-refractivity contribution in [3.8, 4) is 0 Å². The Morgan fingerprint density at radius 1 is 1.00 bits per heavy atom. The summed E-state index contributed by atoms with van der Waals surface area (Å²) in [7, 11) is 0. The molecule has 0 spiro atoms. The Hall–Kier alpha value is -2.86. The molecule has 2 aromatic rings. The number of amides is 2. The third kappa shape index (κ3) is 5.61. The van der Waals surface area contributed by atoms with Gasteiger partial charge in [-0.1, -0.05) is 23.7 Å². The summed E-state index contributed by atoms with van der Waals surface area (Å²) in [6, 6.07) is 12.9. The van der Waals surface area contributed by atoms with Crippen LogP contribution in [-0.2, 0) is 14.3 Å². The molecule has 1 atom stereocenters. The van der Waals surface area contributed by atoms with E-state index in [1.54, 1.807) is 36.4 Å². The topological polar surface area (TPSA) is 84.5 Å². The molecule has 0 radical (unpaired) electrons. The van der Waals surface area contributed by atoms with Gasteiger partial charge < -0.3 is 15.4 Å². The van der Waals surface area contributed by atoms with E-state index in [2.05, 4.69) is 10.6 Å². The Kier molecular flexibility index (Phi) is 6.14. The lowest BCUT2D eigenvalue weighted by Crippen LogP contribution is -2.30. The Morgan fingerprint density at radius 3 is 2.28 bits per heavy atom. The fraction of sp³-hybridized carbons (Fsp3) is 0.167. The number of hydrogen-bond acceptors (Lipinski definition) is 4. The number of ether oxygens (including phenoxy) is 1. The van der Waals surface area contributed by atoms with Crippen LogP contribution in [0.3, 0.4) is 0 Å². The normalized spacial score (nSPS) is 11.3. The number of carbonyl (C=O) groups is 3. The van der Waals surface area contributed by atoms with Crippen LogP contribution in [0.25, 0.3) is 0 Å². The zero-order valence-electron chi connectivity index (χ0n) is 13.7. The van der Waals surface area contributed by atoms with Gasteiger partial charge in [-0.3, -0.25) is 9.59 Å². The van der Waals surface area contributed by atoms with Crippen molar-refractivity contribution in [1.82, 2.24) is 0 Å². The first-order valence-corrected chi connectivity index (χ1v) is 7.88. The number of nitrogens with one attached hydrogen (secondary N) is 2. The zero-order valence-corrected chi connectivity index (χ0v) is 14.5. The van der Waals surface area contributed by atoms with Crippen molar-refractivity contribution in [3.05, 3.63) is 59.1 Å². The molecule has 2 aromatic carbocycles. The number of carbonyl (C=O) groups excluding carboxylic acids is 3. The highest BCUT2D eigenvalue weighted by atomic mass is 35.5. The summed E-state index contributed by atoms with van der Waals surface area (Å²) in [5, 5.41) is 5.68. The van der Waals surface area contributed by atoms with E-state index in [1.165, 1.54) is 26.0 Å². The lowest BCUT2D eigenvalue weighted by Gasteiger charge is -2.14. The van der Waals surface area contributed by atoms with Crippen molar-refractivity contribution in [1.29, 1.82) is 0 Å². The lowest BCUT2D eigenvalue weighted by molar-refractivity contribution is -0.123. The average Bonchev–Trinajstić information content (AvgIpc) is 2.54. The first kappa shape index (κ1) is 18.5. The van der Waals surface area contributed by atoms with E-state index in [0.29, 0.717) is 16.4 Å². The number of halogens is 1. The average molecular weight is 361 g/mol. The molecule has 0 aromatic heterocycles. The number of anilines is 2. The second-order valence-electron chi connectivity index (χ2n) is 5.31. The van der Waals surface area contributed by atoms with Crippen LogP contribution in [0, 0.1) is 0 Å². The number of rotatable bonds is 5. The molecule has 2 rings (SSSR count). The Morgan fingerprint density at radius 2 is 1.64 bits per heavy atom. The van der Waals surface area contributed by atoms with Crippen LogP contribution in [0.1, 0.15) is 24.2 Å². The highest BCUT2D eigenvalue weighted by molar-refractivity contribution is 6.30. The largest absolute Gasteiger partial charge is 0.449 e. The second kappa shape index (κ2) is 8.30. The van der Waals surface area contributed by atoms with Gasteiger partial charge in [0.1, 0.15) is 0 Å². The summed E-state index contributed by atoms with van der Waals surface area (Å²) < 4.78 is 5.16. The van der Waals surface area contributed by atoms with Crippen molar-refractivity contribution in [2.45, 2.75) is 20.0 Å². The van der Waals surface area contributed by atoms with Gasteiger partial charge in [-0.15, -0.1) is 0 Å². The molecule has 130 valence electrons. The van der Waals surface area contributed by atoms with E-state index in [9.17, 15) is 14.4 Å². The molecule has 0 aliphatic carbocycles. The molecule has 7 heteroatoms. The van der Waals surface area contributed by atoms with Gasteiger partial charge in [0.15, 0.2) is 6.10 Å². The smallest absolute Gasteiger partial charge is 0.338 e. The molecule has 0 heterocycles. The van der Waals surface area contributed by atoms with E-state index in [4.69, 9.17) is 16.3 Å². The molecule has 0 unspecified atom stereocenters. The van der Waals surface area contributed by atoms with Gasteiger partial charge >= 0.3 is 5.97 Å². The van der Waals surface area contributed by atoms with Crippen LogP contribution in [0.2, 0.25) is 5.02 Å². The van der Waals surface area contributed by atoms with Crippen molar-refractivity contribution in [2.24, 2.45) is 0 Å². The van der Waals surface area contributed by atoms with Gasteiger partial charge in [0.25, 0.3) is 5.91 Å². The lowest BCUT2D eigenvalue weighted by atomic mass is 10.2. The van der Waals surface area contributed by atoms with Gasteiger partial charge in [-0.25, -0.2) is 4.79 Å². The van der Waals surface area contributed by atoms with Gasteiger partial charge in [-0.05, 0) is 43.3 Å². The van der Waals surface area contributed by atoms with Crippen LogP contribution >= 0.6 is 11.6 Å². The quantitative estimate of drug-likeness (QED) is 0.799. The van der Waals surface area contributed by atoms with Crippen LogP contribution in [-0.4, -0.2) is 23.9 Å². The van der Waals surface area contributed by atoms with E-state index >= 15 is 0 Å². The van der Waals surface area contributed by atoms with Gasteiger partial charge in [0.05, 0.1) is 5.56 Å². The van der Waals surface area contributed by atoms with E-state index < -0.39 is 18.0 Å². The highest BCUT2D eigenvalue weighted by Gasteiger charge is 2.19. The third-order valence-corrected chi connectivity index (χ3v) is 3.40. The van der Waals surface area contributed by atoms with Gasteiger partial charge in [0, 0.05) is 23.3 Å². The molecule has 0 bridgehead atoms. The van der Waals surface area contributed by atoms with E-state index in [-0.39, 0.29) is 11.5 Å².